The van der Waals surface area contributed by atoms with Crippen molar-refractivity contribution >= 4 is 18.0 Å². The summed E-state index contributed by atoms with van der Waals surface area (Å²) in [5.74, 6) is -0.475. The van der Waals surface area contributed by atoms with Gasteiger partial charge in [0.1, 0.15) is 11.4 Å². The molecule has 0 aliphatic carbocycles. The van der Waals surface area contributed by atoms with Crippen molar-refractivity contribution < 1.29 is 20.2 Å². The van der Waals surface area contributed by atoms with E-state index in [0.29, 0.717) is 0 Å². The van der Waals surface area contributed by atoms with Gasteiger partial charge in [0.05, 0.1) is 18.9 Å². The topological polar surface area (TPSA) is 154 Å². The number of aliphatic hydroxyl groups is 2. The molecule has 0 unspecified atom stereocenters. The van der Waals surface area contributed by atoms with E-state index in [4.69, 9.17) is 20.8 Å². The van der Waals surface area contributed by atoms with Crippen LogP contribution in [0.5, 0.6) is 0 Å². The molecule has 0 saturated carbocycles. The lowest BCUT2D eigenvalue weighted by molar-refractivity contribution is -0.0968. The lowest BCUT2D eigenvalue weighted by Gasteiger charge is -2.29. The van der Waals surface area contributed by atoms with Crippen LogP contribution in [0.25, 0.3) is 0 Å². The van der Waals surface area contributed by atoms with Crippen LogP contribution in [0.3, 0.4) is 0 Å². The predicted molar refractivity (Wildman–Crippen MR) is 72.2 cm³/mol. The summed E-state index contributed by atoms with van der Waals surface area (Å²) in [7, 11) is 0. The van der Waals surface area contributed by atoms with Crippen LogP contribution in [0.2, 0.25) is 0 Å². The van der Waals surface area contributed by atoms with Gasteiger partial charge in [-0.2, -0.15) is 0 Å². The van der Waals surface area contributed by atoms with Crippen molar-refractivity contribution in [1.29, 1.82) is 10.8 Å². The number of amidine groups is 1. The standard InChI is InChI=1S/C11H21N5O4/c1-10(2)7(18)11(3,5-17)20-8(10)15-9(16-19)14-6(13)4-12/h4,7-8,12,17-19H,5H2,1-3H3,(H3,13,14,15,16)/t7-,8+,11+/m0/s1. The Morgan fingerprint density at radius 3 is 2.45 bits per heavy atom. The van der Waals surface area contributed by atoms with Crippen LogP contribution in [0.1, 0.15) is 20.8 Å². The summed E-state index contributed by atoms with van der Waals surface area (Å²) in [6.45, 7) is 4.61. The number of rotatable bonds is 3. The molecule has 1 heterocycles. The zero-order valence-electron chi connectivity index (χ0n) is 11.6. The highest BCUT2D eigenvalue weighted by Gasteiger charge is 2.56. The number of nitrogens with one attached hydrogen (secondary N) is 4. The maximum atomic E-state index is 10.2. The van der Waals surface area contributed by atoms with Crippen molar-refractivity contribution in [2.45, 2.75) is 38.7 Å². The highest BCUT2D eigenvalue weighted by Crippen LogP contribution is 2.44. The quantitative estimate of drug-likeness (QED) is 0.201. The van der Waals surface area contributed by atoms with Gasteiger partial charge in [0.25, 0.3) is 0 Å². The molecule has 1 fully saturated rings. The molecule has 0 bridgehead atoms. The number of aliphatic imine (C=N–C) groups is 1. The second-order valence-electron chi connectivity index (χ2n) is 5.44. The Morgan fingerprint density at radius 2 is 2.05 bits per heavy atom. The smallest absolute Gasteiger partial charge is 0.223 e. The van der Waals surface area contributed by atoms with Crippen LogP contribution < -0.4 is 10.8 Å². The third-order valence-corrected chi connectivity index (χ3v) is 3.36. The first-order valence-corrected chi connectivity index (χ1v) is 6.02. The minimum Gasteiger partial charge on any atom is -0.393 e. The van der Waals surface area contributed by atoms with Crippen molar-refractivity contribution in [3.8, 4) is 0 Å². The summed E-state index contributed by atoms with van der Waals surface area (Å²) in [6.07, 6.45) is -1.08. The van der Waals surface area contributed by atoms with Crippen molar-refractivity contribution in [1.82, 2.24) is 10.8 Å². The Labute approximate surface area is 116 Å². The highest BCUT2D eigenvalue weighted by atomic mass is 16.6. The van der Waals surface area contributed by atoms with Gasteiger partial charge < -0.3 is 25.7 Å². The van der Waals surface area contributed by atoms with E-state index in [-0.39, 0.29) is 18.4 Å². The largest absolute Gasteiger partial charge is 0.393 e. The number of hydrogen-bond acceptors (Lipinski definition) is 7. The fraction of sp³-hybridized carbons (Fsp3) is 0.727. The molecule has 0 radical (unpaired) electrons. The van der Waals surface area contributed by atoms with E-state index in [2.05, 4.69) is 10.3 Å². The molecule has 0 aromatic heterocycles. The molecule has 0 amide bonds. The SMILES string of the molecule is CC1(C)[C@H](N=C(NO)NC(=N)C=N)O[C@](C)(CO)[C@H]1O. The van der Waals surface area contributed by atoms with Gasteiger partial charge in [0.15, 0.2) is 6.23 Å². The molecule has 1 aliphatic rings. The molecule has 1 aliphatic heterocycles. The van der Waals surface area contributed by atoms with Gasteiger partial charge in [0, 0.05) is 5.41 Å². The summed E-state index contributed by atoms with van der Waals surface area (Å²) < 4.78 is 5.57. The number of hydrogen-bond donors (Lipinski definition) is 7. The first-order chi connectivity index (χ1) is 9.21. The van der Waals surface area contributed by atoms with E-state index in [1.165, 1.54) is 0 Å². The molecular weight excluding hydrogens is 266 g/mol. The van der Waals surface area contributed by atoms with E-state index in [0.717, 1.165) is 6.21 Å². The molecule has 0 spiro atoms. The van der Waals surface area contributed by atoms with Gasteiger partial charge in [-0.1, -0.05) is 13.8 Å². The molecule has 1 saturated heterocycles. The van der Waals surface area contributed by atoms with Crippen LogP contribution in [0.15, 0.2) is 4.99 Å². The molecule has 9 heteroatoms. The lowest BCUT2D eigenvalue weighted by atomic mass is 9.80. The molecule has 3 atom stereocenters. The fourth-order valence-corrected chi connectivity index (χ4v) is 2.08. The summed E-state index contributed by atoms with van der Waals surface area (Å²) in [6, 6.07) is 0. The van der Waals surface area contributed by atoms with Gasteiger partial charge in [-0.25, -0.2) is 10.5 Å². The van der Waals surface area contributed by atoms with Crippen LogP contribution >= 0.6 is 0 Å². The van der Waals surface area contributed by atoms with E-state index >= 15 is 0 Å². The van der Waals surface area contributed by atoms with Crippen molar-refractivity contribution in [3.63, 3.8) is 0 Å². The normalized spacial score (nSPS) is 32.8. The van der Waals surface area contributed by atoms with E-state index in [9.17, 15) is 10.2 Å². The molecule has 0 aromatic carbocycles. The lowest BCUT2D eigenvalue weighted by Crippen LogP contribution is -2.45. The molecule has 0 aromatic rings. The van der Waals surface area contributed by atoms with Crippen LogP contribution in [-0.4, -0.2) is 58.0 Å². The second-order valence-corrected chi connectivity index (χ2v) is 5.44. The molecule has 7 N–H and O–H groups in total. The Balaban J connectivity index is 3.00. The molecule has 9 nitrogen and oxygen atoms in total. The average molecular weight is 287 g/mol. The number of aliphatic hydroxyl groups excluding tert-OH is 2. The first-order valence-electron chi connectivity index (χ1n) is 6.02. The number of nitrogens with zero attached hydrogens (tertiary/aromatic N) is 1. The summed E-state index contributed by atoms with van der Waals surface area (Å²) >= 11 is 0. The van der Waals surface area contributed by atoms with Crippen LogP contribution in [0, 0.1) is 16.2 Å². The molecule has 114 valence electrons. The average Bonchev–Trinajstić information content (AvgIpc) is 2.59. The van der Waals surface area contributed by atoms with Crippen molar-refractivity contribution in [2.75, 3.05) is 6.61 Å². The predicted octanol–water partition coefficient (Wildman–Crippen LogP) is -0.968. The van der Waals surface area contributed by atoms with Gasteiger partial charge in [-0.15, -0.1) is 0 Å². The van der Waals surface area contributed by atoms with E-state index in [1.54, 1.807) is 26.3 Å². The van der Waals surface area contributed by atoms with Crippen LogP contribution in [0.4, 0.5) is 0 Å². The third-order valence-electron chi connectivity index (χ3n) is 3.36. The number of guanidine groups is 1. The van der Waals surface area contributed by atoms with Gasteiger partial charge in [-0.3, -0.25) is 10.6 Å². The van der Waals surface area contributed by atoms with Gasteiger partial charge in [-0.05, 0) is 6.92 Å². The summed E-state index contributed by atoms with van der Waals surface area (Å²) in [5.41, 5.74) is -0.208. The first kappa shape index (κ1) is 16.5. The van der Waals surface area contributed by atoms with E-state index in [1.807, 2.05) is 0 Å². The summed E-state index contributed by atoms with van der Waals surface area (Å²) in [4.78, 5) is 4.04. The second kappa shape index (κ2) is 5.83. The molecule has 1 rings (SSSR count). The van der Waals surface area contributed by atoms with Crippen LogP contribution in [-0.2, 0) is 4.74 Å². The molecule has 20 heavy (non-hydrogen) atoms. The van der Waals surface area contributed by atoms with Gasteiger partial charge in [0.2, 0.25) is 5.96 Å². The maximum absolute atomic E-state index is 10.2. The van der Waals surface area contributed by atoms with Crippen molar-refractivity contribution in [2.24, 2.45) is 10.4 Å². The Morgan fingerprint density at radius 1 is 1.45 bits per heavy atom. The minimum absolute atomic E-state index is 0.189. The summed E-state index contributed by atoms with van der Waals surface area (Å²) in [5, 5.41) is 45.0. The van der Waals surface area contributed by atoms with E-state index < -0.39 is 23.3 Å². The Kier molecular flexibility index (Phi) is 4.81. The Bertz CT molecular complexity index is 425. The van der Waals surface area contributed by atoms with Crippen molar-refractivity contribution in [3.05, 3.63) is 0 Å². The zero-order chi connectivity index (χ0) is 15.6. The number of hydroxylamine groups is 1. The monoisotopic (exact) mass is 287 g/mol. The zero-order valence-corrected chi connectivity index (χ0v) is 11.6. The molecular formula is C11H21N5O4. The highest BCUT2D eigenvalue weighted by molar-refractivity contribution is 6.30. The minimum atomic E-state index is -1.16. The number of ether oxygens (including phenoxy) is 1. The fourth-order valence-electron chi connectivity index (χ4n) is 2.08. The third kappa shape index (κ3) is 2.96. The van der Waals surface area contributed by atoms with Gasteiger partial charge >= 0.3 is 0 Å². The maximum Gasteiger partial charge on any atom is 0.223 e. The Hall–Kier alpha value is -1.55.